The first-order valence-electron chi connectivity index (χ1n) is 4.36. The summed E-state index contributed by atoms with van der Waals surface area (Å²) >= 11 is 3.17. The molecule has 2 rings (SSSR count). The van der Waals surface area contributed by atoms with E-state index in [-0.39, 0.29) is 40.7 Å². The molecule has 5 nitrogen and oxygen atoms in total. The number of nitrogens with zero attached hydrogens (tertiary/aromatic N) is 1. The van der Waals surface area contributed by atoms with Crippen molar-refractivity contribution < 1.29 is 49.0 Å². The molecule has 0 saturated heterocycles. The van der Waals surface area contributed by atoms with Gasteiger partial charge in [-0.25, -0.2) is 0 Å². The third kappa shape index (κ3) is 2.60. The standard InChI is InChI=1S/C10H6BrNO4.Na/c11-5-1-2-6-7(3-5)10(16)12(9(6)15)4-8(13)14;/h1-3H,4H2,(H,13,14);/q;+1/p-1. The molecule has 0 saturated carbocycles. The molecule has 0 fully saturated rings. The Hall–Kier alpha value is -0.690. The Balaban J connectivity index is 0.00000144. The zero-order valence-electron chi connectivity index (χ0n) is 8.90. The van der Waals surface area contributed by atoms with Crippen LogP contribution >= 0.6 is 15.9 Å². The number of imide groups is 1. The van der Waals surface area contributed by atoms with Crippen molar-refractivity contribution >= 4 is 33.7 Å². The number of benzene rings is 1. The van der Waals surface area contributed by atoms with Crippen LogP contribution in [-0.4, -0.2) is 29.2 Å². The van der Waals surface area contributed by atoms with E-state index in [9.17, 15) is 19.5 Å². The number of rotatable bonds is 2. The molecule has 0 bridgehead atoms. The normalized spacial score (nSPS) is 13.4. The molecule has 82 valence electrons. The van der Waals surface area contributed by atoms with Gasteiger partial charge in [-0.1, -0.05) is 15.9 Å². The monoisotopic (exact) mass is 305 g/mol. The van der Waals surface area contributed by atoms with Crippen LogP contribution in [0.15, 0.2) is 22.7 Å². The summed E-state index contributed by atoms with van der Waals surface area (Å²) < 4.78 is 0.655. The zero-order chi connectivity index (χ0) is 11.9. The molecule has 1 aliphatic heterocycles. The summed E-state index contributed by atoms with van der Waals surface area (Å²) in [6, 6.07) is 4.59. The molecule has 17 heavy (non-hydrogen) atoms. The average Bonchev–Trinajstić information content (AvgIpc) is 2.43. The molecular weight excluding hydrogens is 301 g/mol. The van der Waals surface area contributed by atoms with Crippen LogP contribution < -0.4 is 34.7 Å². The van der Waals surface area contributed by atoms with Gasteiger partial charge >= 0.3 is 29.6 Å². The van der Waals surface area contributed by atoms with Crippen LogP contribution in [0.25, 0.3) is 0 Å². The number of carbonyl (C=O) groups is 3. The maximum absolute atomic E-state index is 11.7. The fourth-order valence-corrected chi connectivity index (χ4v) is 1.90. The quantitative estimate of drug-likeness (QED) is 0.426. The summed E-state index contributed by atoms with van der Waals surface area (Å²) in [6.45, 7) is -0.718. The van der Waals surface area contributed by atoms with Crippen molar-refractivity contribution in [3.05, 3.63) is 33.8 Å². The van der Waals surface area contributed by atoms with Crippen LogP contribution in [0.4, 0.5) is 0 Å². The number of halogens is 1. The second kappa shape index (κ2) is 5.30. The summed E-state index contributed by atoms with van der Waals surface area (Å²) in [5.41, 5.74) is 0.426. The number of aliphatic carboxylic acids is 1. The van der Waals surface area contributed by atoms with E-state index in [0.717, 1.165) is 0 Å². The molecular formula is C10H5BrNNaO4. The molecule has 1 aromatic carbocycles. The maximum atomic E-state index is 11.7. The first kappa shape index (κ1) is 14.4. The Morgan fingerprint density at radius 1 is 1.24 bits per heavy atom. The zero-order valence-corrected chi connectivity index (χ0v) is 12.5. The Kier molecular flexibility index (Phi) is 4.48. The van der Waals surface area contributed by atoms with Gasteiger partial charge in [0.2, 0.25) is 0 Å². The van der Waals surface area contributed by atoms with Gasteiger partial charge in [0, 0.05) is 4.47 Å². The molecule has 0 aromatic heterocycles. The van der Waals surface area contributed by atoms with Crippen LogP contribution in [0.5, 0.6) is 0 Å². The van der Waals surface area contributed by atoms with Gasteiger partial charge in [0.15, 0.2) is 0 Å². The fraction of sp³-hybridized carbons (Fsp3) is 0.100. The van der Waals surface area contributed by atoms with E-state index >= 15 is 0 Å². The number of carboxylic acid groups (broad SMARTS) is 1. The Morgan fingerprint density at radius 2 is 1.82 bits per heavy atom. The topological polar surface area (TPSA) is 77.5 Å². The molecule has 1 aliphatic rings. The first-order valence-corrected chi connectivity index (χ1v) is 5.15. The summed E-state index contributed by atoms with van der Waals surface area (Å²) in [7, 11) is 0. The molecule has 1 aromatic rings. The molecule has 1 heterocycles. The molecule has 0 N–H and O–H groups in total. The smallest absolute Gasteiger partial charge is 0.548 e. The molecule has 0 atom stereocenters. The van der Waals surface area contributed by atoms with Crippen molar-refractivity contribution in [1.82, 2.24) is 4.90 Å². The van der Waals surface area contributed by atoms with Gasteiger partial charge in [0.1, 0.15) is 0 Å². The Bertz CT molecular complexity index is 517. The molecule has 7 heteroatoms. The fourth-order valence-electron chi connectivity index (χ4n) is 1.54. The maximum Gasteiger partial charge on any atom is 1.00 e. The van der Waals surface area contributed by atoms with Crippen LogP contribution in [0.2, 0.25) is 0 Å². The second-order valence-corrected chi connectivity index (χ2v) is 4.17. The molecule has 0 aliphatic carbocycles. The van der Waals surface area contributed by atoms with E-state index in [4.69, 9.17) is 0 Å². The van der Waals surface area contributed by atoms with Gasteiger partial charge < -0.3 is 9.90 Å². The number of carbonyl (C=O) groups excluding carboxylic acids is 3. The minimum atomic E-state index is -1.46. The van der Waals surface area contributed by atoms with Crippen LogP contribution in [0, 0.1) is 0 Å². The largest absolute Gasteiger partial charge is 1.00 e. The van der Waals surface area contributed by atoms with Crippen molar-refractivity contribution in [3.63, 3.8) is 0 Å². The van der Waals surface area contributed by atoms with Gasteiger partial charge in [0.25, 0.3) is 11.8 Å². The summed E-state index contributed by atoms with van der Waals surface area (Å²) in [6.07, 6.45) is 0. The number of carboxylic acids is 1. The summed E-state index contributed by atoms with van der Waals surface area (Å²) in [4.78, 5) is 34.4. The Labute approximate surface area is 127 Å². The molecule has 0 spiro atoms. The SMILES string of the molecule is O=C([O-])CN1C(=O)c2ccc(Br)cc2C1=O.[Na+]. The average molecular weight is 306 g/mol. The van der Waals surface area contributed by atoms with Crippen molar-refractivity contribution in [2.24, 2.45) is 0 Å². The number of hydrogen-bond donors (Lipinski definition) is 0. The van der Waals surface area contributed by atoms with Crippen LogP contribution in [-0.2, 0) is 4.79 Å². The third-order valence-electron chi connectivity index (χ3n) is 2.22. The van der Waals surface area contributed by atoms with Crippen molar-refractivity contribution in [2.45, 2.75) is 0 Å². The van der Waals surface area contributed by atoms with Crippen molar-refractivity contribution in [1.29, 1.82) is 0 Å². The Morgan fingerprint density at radius 3 is 2.41 bits per heavy atom. The van der Waals surface area contributed by atoms with E-state index in [2.05, 4.69) is 15.9 Å². The molecule has 0 unspecified atom stereocenters. The van der Waals surface area contributed by atoms with Crippen LogP contribution in [0.3, 0.4) is 0 Å². The predicted molar refractivity (Wildman–Crippen MR) is 54.5 cm³/mol. The van der Waals surface area contributed by atoms with Gasteiger partial charge in [0.05, 0.1) is 23.6 Å². The summed E-state index contributed by atoms with van der Waals surface area (Å²) in [5, 5.41) is 10.4. The molecule has 2 amide bonds. The minimum absolute atomic E-state index is 0. The van der Waals surface area contributed by atoms with E-state index < -0.39 is 24.3 Å². The van der Waals surface area contributed by atoms with Crippen LogP contribution in [0.1, 0.15) is 20.7 Å². The number of hydrogen-bond acceptors (Lipinski definition) is 4. The van der Waals surface area contributed by atoms with Gasteiger partial charge in [-0.3, -0.25) is 14.5 Å². The van der Waals surface area contributed by atoms with E-state index in [0.29, 0.717) is 9.37 Å². The predicted octanol–water partition coefficient (Wildman–Crippen LogP) is -3.20. The van der Waals surface area contributed by atoms with Crippen molar-refractivity contribution in [3.8, 4) is 0 Å². The van der Waals surface area contributed by atoms with E-state index in [1.165, 1.54) is 12.1 Å². The van der Waals surface area contributed by atoms with Gasteiger partial charge in [-0.15, -0.1) is 0 Å². The minimum Gasteiger partial charge on any atom is -0.548 e. The third-order valence-corrected chi connectivity index (χ3v) is 2.71. The molecule has 0 radical (unpaired) electrons. The van der Waals surface area contributed by atoms with E-state index in [1.807, 2.05) is 0 Å². The number of fused-ring (bicyclic) bond motifs is 1. The van der Waals surface area contributed by atoms with Crippen molar-refractivity contribution in [2.75, 3.05) is 6.54 Å². The first-order chi connectivity index (χ1) is 7.50. The van der Waals surface area contributed by atoms with Gasteiger partial charge in [-0.2, -0.15) is 0 Å². The second-order valence-electron chi connectivity index (χ2n) is 3.26. The van der Waals surface area contributed by atoms with E-state index in [1.54, 1.807) is 6.07 Å². The summed E-state index contributed by atoms with van der Waals surface area (Å²) in [5.74, 6) is -2.67. The van der Waals surface area contributed by atoms with Gasteiger partial charge in [-0.05, 0) is 18.2 Å². The number of amides is 2.